The van der Waals surface area contributed by atoms with E-state index in [1.54, 1.807) is 0 Å². The van der Waals surface area contributed by atoms with Crippen molar-refractivity contribution in [1.29, 1.82) is 0 Å². The molecule has 0 atom stereocenters. The Morgan fingerprint density at radius 3 is 2.78 bits per heavy atom. The largest absolute Gasteiger partial charge is 0.345 e. The molecular weight excluding hydrogens is 294 g/mol. The maximum absolute atomic E-state index is 12.3. The Morgan fingerprint density at radius 1 is 1.56 bits per heavy atom. The molecule has 0 bridgehead atoms. The van der Waals surface area contributed by atoms with Gasteiger partial charge < -0.3 is 14.8 Å². The van der Waals surface area contributed by atoms with Crippen LogP contribution in [-0.4, -0.2) is 42.1 Å². The first-order valence-electron chi connectivity index (χ1n) is 6.36. The third-order valence-corrected chi connectivity index (χ3v) is 3.96. The van der Waals surface area contributed by atoms with Crippen LogP contribution in [0, 0.1) is 5.92 Å². The molecule has 2 heterocycles. The van der Waals surface area contributed by atoms with E-state index in [0.717, 1.165) is 42.6 Å². The lowest BCUT2D eigenvalue weighted by molar-refractivity contribution is 0.0753. The van der Waals surface area contributed by atoms with Crippen LogP contribution < -0.4 is 5.32 Å². The van der Waals surface area contributed by atoms with E-state index in [0.29, 0.717) is 5.92 Å². The average molecular weight is 314 g/mol. The standard InChI is InChI=1S/C13H20BrN3O/c1-16-9-11(14)7-12(16)13(18)17(2)8-10-3-5-15-6-4-10/h7,9-10,15H,3-6,8H2,1-2H3. The Morgan fingerprint density at radius 2 is 2.22 bits per heavy atom. The number of amides is 1. The Kier molecular flexibility index (Phi) is 4.45. The molecular formula is C13H20BrN3O. The van der Waals surface area contributed by atoms with Crippen molar-refractivity contribution in [1.82, 2.24) is 14.8 Å². The van der Waals surface area contributed by atoms with Crippen LogP contribution in [0.4, 0.5) is 0 Å². The summed E-state index contributed by atoms with van der Waals surface area (Å²) >= 11 is 3.40. The van der Waals surface area contributed by atoms with Gasteiger partial charge in [0.1, 0.15) is 5.69 Å². The molecule has 1 fully saturated rings. The molecule has 100 valence electrons. The third-order valence-electron chi connectivity index (χ3n) is 3.53. The monoisotopic (exact) mass is 313 g/mol. The first kappa shape index (κ1) is 13.6. The van der Waals surface area contributed by atoms with E-state index in [4.69, 9.17) is 0 Å². The summed E-state index contributed by atoms with van der Waals surface area (Å²) in [5, 5.41) is 3.35. The van der Waals surface area contributed by atoms with E-state index in [1.165, 1.54) is 0 Å². The van der Waals surface area contributed by atoms with Crippen LogP contribution in [0.2, 0.25) is 0 Å². The molecule has 18 heavy (non-hydrogen) atoms. The highest BCUT2D eigenvalue weighted by Gasteiger charge is 2.20. The molecule has 1 aromatic rings. The van der Waals surface area contributed by atoms with Crippen molar-refractivity contribution in [2.45, 2.75) is 12.8 Å². The molecule has 1 N–H and O–H groups in total. The van der Waals surface area contributed by atoms with Crippen LogP contribution in [-0.2, 0) is 7.05 Å². The molecule has 1 aromatic heterocycles. The minimum absolute atomic E-state index is 0.0988. The molecule has 0 saturated carbocycles. The Bertz CT molecular complexity index is 424. The zero-order valence-electron chi connectivity index (χ0n) is 10.9. The number of carbonyl (C=O) groups excluding carboxylic acids is 1. The molecule has 0 aliphatic carbocycles. The molecule has 2 rings (SSSR count). The second-order valence-electron chi connectivity index (χ2n) is 5.03. The molecule has 0 unspecified atom stereocenters. The second kappa shape index (κ2) is 5.89. The molecule has 0 spiro atoms. The number of hydrogen-bond donors (Lipinski definition) is 1. The first-order valence-corrected chi connectivity index (χ1v) is 7.15. The van der Waals surface area contributed by atoms with Crippen molar-refractivity contribution in [3.8, 4) is 0 Å². The van der Waals surface area contributed by atoms with Gasteiger partial charge in [-0.2, -0.15) is 0 Å². The highest BCUT2D eigenvalue weighted by Crippen LogP contribution is 2.17. The summed E-state index contributed by atoms with van der Waals surface area (Å²) in [6, 6.07) is 1.88. The fourth-order valence-corrected chi connectivity index (χ4v) is 2.99. The zero-order chi connectivity index (χ0) is 13.1. The lowest BCUT2D eigenvalue weighted by Crippen LogP contribution is -2.37. The van der Waals surface area contributed by atoms with E-state index < -0.39 is 0 Å². The van der Waals surface area contributed by atoms with Gasteiger partial charge in [0, 0.05) is 31.3 Å². The van der Waals surface area contributed by atoms with Crippen molar-refractivity contribution in [2.75, 3.05) is 26.7 Å². The van der Waals surface area contributed by atoms with E-state index in [1.807, 2.05) is 35.8 Å². The van der Waals surface area contributed by atoms with Gasteiger partial charge in [-0.25, -0.2) is 0 Å². The second-order valence-corrected chi connectivity index (χ2v) is 5.95. The number of carbonyl (C=O) groups is 1. The minimum atomic E-state index is 0.0988. The van der Waals surface area contributed by atoms with Crippen LogP contribution in [0.25, 0.3) is 0 Å². The predicted octanol–water partition coefficient (Wildman–Crippen LogP) is 1.86. The van der Waals surface area contributed by atoms with E-state index in [2.05, 4.69) is 21.2 Å². The van der Waals surface area contributed by atoms with Crippen molar-refractivity contribution in [3.63, 3.8) is 0 Å². The summed E-state index contributed by atoms with van der Waals surface area (Å²) < 4.78 is 2.81. The van der Waals surface area contributed by atoms with Crippen molar-refractivity contribution >= 4 is 21.8 Å². The maximum atomic E-state index is 12.3. The molecule has 4 nitrogen and oxygen atoms in total. The topological polar surface area (TPSA) is 37.3 Å². The Labute approximate surface area is 116 Å². The fraction of sp³-hybridized carbons (Fsp3) is 0.615. The SMILES string of the molecule is CN(CC1CCNCC1)C(=O)c1cc(Br)cn1C. The van der Waals surface area contributed by atoms with Crippen LogP contribution in [0.3, 0.4) is 0 Å². The summed E-state index contributed by atoms with van der Waals surface area (Å²) in [5.41, 5.74) is 0.735. The summed E-state index contributed by atoms with van der Waals surface area (Å²) in [7, 11) is 3.79. The number of nitrogens with zero attached hydrogens (tertiary/aromatic N) is 2. The first-order chi connectivity index (χ1) is 8.58. The van der Waals surface area contributed by atoms with Crippen LogP contribution in [0.15, 0.2) is 16.7 Å². The van der Waals surface area contributed by atoms with Crippen LogP contribution in [0.1, 0.15) is 23.3 Å². The van der Waals surface area contributed by atoms with Crippen LogP contribution >= 0.6 is 15.9 Å². The van der Waals surface area contributed by atoms with Crippen LogP contribution in [0.5, 0.6) is 0 Å². The van der Waals surface area contributed by atoms with Crippen molar-refractivity contribution in [2.24, 2.45) is 13.0 Å². The summed E-state index contributed by atoms with van der Waals surface area (Å²) in [4.78, 5) is 14.2. The molecule has 0 radical (unpaired) electrons. The number of halogens is 1. The van der Waals surface area contributed by atoms with Crippen molar-refractivity contribution < 1.29 is 4.79 Å². The highest BCUT2D eigenvalue weighted by atomic mass is 79.9. The number of rotatable bonds is 3. The number of aryl methyl sites for hydroxylation is 1. The molecule has 1 aliphatic rings. The normalized spacial score (nSPS) is 16.8. The van der Waals surface area contributed by atoms with E-state index >= 15 is 0 Å². The van der Waals surface area contributed by atoms with Gasteiger partial charge in [-0.1, -0.05) is 0 Å². The van der Waals surface area contributed by atoms with Gasteiger partial charge in [-0.15, -0.1) is 0 Å². The number of nitrogens with one attached hydrogen (secondary N) is 1. The zero-order valence-corrected chi connectivity index (χ0v) is 12.5. The van der Waals surface area contributed by atoms with Gasteiger partial charge in [0.25, 0.3) is 5.91 Å². The maximum Gasteiger partial charge on any atom is 0.270 e. The summed E-state index contributed by atoms with van der Waals surface area (Å²) in [6.45, 7) is 2.99. The molecule has 1 amide bonds. The van der Waals surface area contributed by atoms with Gasteiger partial charge in [0.15, 0.2) is 0 Å². The number of piperidine rings is 1. The lowest BCUT2D eigenvalue weighted by Gasteiger charge is -2.27. The molecule has 1 aliphatic heterocycles. The molecule has 0 aromatic carbocycles. The average Bonchev–Trinajstić information content (AvgIpc) is 2.68. The van der Waals surface area contributed by atoms with Gasteiger partial charge in [-0.05, 0) is 53.8 Å². The number of aromatic nitrogens is 1. The smallest absolute Gasteiger partial charge is 0.270 e. The Hall–Kier alpha value is -0.810. The minimum Gasteiger partial charge on any atom is -0.345 e. The number of hydrogen-bond acceptors (Lipinski definition) is 2. The lowest BCUT2D eigenvalue weighted by atomic mass is 9.97. The molecule has 5 heteroatoms. The van der Waals surface area contributed by atoms with Gasteiger partial charge in [-0.3, -0.25) is 4.79 Å². The highest BCUT2D eigenvalue weighted by molar-refractivity contribution is 9.10. The summed E-state index contributed by atoms with van der Waals surface area (Å²) in [5.74, 6) is 0.727. The van der Waals surface area contributed by atoms with Gasteiger partial charge in [0.05, 0.1) is 0 Å². The van der Waals surface area contributed by atoms with E-state index in [9.17, 15) is 4.79 Å². The molecule has 1 saturated heterocycles. The van der Waals surface area contributed by atoms with Gasteiger partial charge in [0.2, 0.25) is 0 Å². The quantitative estimate of drug-likeness (QED) is 0.925. The summed E-state index contributed by atoms with van der Waals surface area (Å²) in [6.07, 6.45) is 4.23. The fourth-order valence-electron chi connectivity index (χ4n) is 2.47. The predicted molar refractivity (Wildman–Crippen MR) is 75.7 cm³/mol. The van der Waals surface area contributed by atoms with Crippen molar-refractivity contribution in [3.05, 3.63) is 22.4 Å². The third kappa shape index (κ3) is 3.14. The Balaban J connectivity index is 1.97. The van der Waals surface area contributed by atoms with Gasteiger partial charge >= 0.3 is 0 Å². The van der Waals surface area contributed by atoms with E-state index in [-0.39, 0.29) is 5.91 Å².